The van der Waals surface area contributed by atoms with E-state index in [2.05, 4.69) is 55.5 Å². The summed E-state index contributed by atoms with van der Waals surface area (Å²) in [7, 11) is 4.30. The summed E-state index contributed by atoms with van der Waals surface area (Å²) in [6.45, 7) is 4.52. The van der Waals surface area contributed by atoms with E-state index in [4.69, 9.17) is 0 Å². The van der Waals surface area contributed by atoms with Gasteiger partial charge in [-0.05, 0) is 52.5 Å². The fraction of sp³-hybridized carbons (Fsp3) is 0.571. The number of nitrogens with zero attached hydrogens (tertiary/aromatic N) is 1. The van der Waals surface area contributed by atoms with Crippen LogP contribution in [0.2, 0.25) is 0 Å². The van der Waals surface area contributed by atoms with E-state index in [1.807, 2.05) is 0 Å². The third-order valence-corrected chi connectivity index (χ3v) is 3.89. The molecule has 1 aromatic rings. The SMILES string of the molecule is CNC1(c2cccc(C)c2)CCN(C)CC1. The number of aryl methyl sites for hydroxylation is 1. The van der Waals surface area contributed by atoms with Crippen LogP contribution in [0.1, 0.15) is 24.0 Å². The summed E-state index contributed by atoms with van der Waals surface area (Å²) in [6.07, 6.45) is 2.40. The number of nitrogens with one attached hydrogen (secondary N) is 1. The first-order valence-electron chi connectivity index (χ1n) is 6.11. The average molecular weight is 218 g/mol. The van der Waals surface area contributed by atoms with Crippen LogP contribution in [0.3, 0.4) is 0 Å². The van der Waals surface area contributed by atoms with Crippen LogP contribution in [0.15, 0.2) is 24.3 Å². The lowest BCUT2D eigenvalue weighted by atomic mass is 9.80. The molecule has 0 amide bonds. The molecule has 1 aromatic carbocycles. The van der Waals surface area contributed by atoms with Crippen LogP contribution >= 0.6 is 0 Å². The van der Waals surface area contributed by atoms with Gasteiger partial charge in [-0.3, -0.25) is 0 Å². The monoisotopic (exact) mass is 218 g/mol. The molecule has 16 heavy (non-hydrogen) atoms. The van der Waals surface area contributed by atoms with E-state index in [1.165, 1.54) is 37.1 Å². The summed E-state index contributed by atoms with van der Waals surface area (Å²) >= 11 is 0. The zero-order valence-electron chi connectivity index (χ0n) is 10.6. The summed E-state index contributed by atoms with van der Waals surface area (Å²) in [5.41, 5.74) is 2.99. The van der Waals surface area contributed by atoms with E-state index in [0.717, 1.165) is 0 Å². The predicted molar refractivity (Wildman–Crippen MR) is 68.6 cm³/mol. The Kier molecular flexibility index (Phi) is 3.31. The van der Waals surface area contributed by atoms with Gasteiger partial charge in [0.1, 0.15) is 0 Å². The molecule has 0 radical (unpaired) electrons. The third kappa shape index (κ3) is 2.13. The predicted octanol–water partition coefficient (Wildman–Crippen LogP) is 2.14. The van der Waals surface area contributed by atoms with Gasteiger partial charge in [-0.15, -0.1) is 0 Å². The minimum absolute atomic E-state index is 0.193. The van der Waals surface area contributed by atoms with Crippen molar-refractivity contribution in [3.63, 3.8) is 0 Å². The Labute approximate surface area is 98.7 Å². The zero-order valence-corrected chi connectivity index (χ0v) is 10.6. The molecule has 0 saturated carbocycles. The number of piperidine rings is 1. The molecule has 0 spiro atoms. The molecule has 1 heterocycles. The molecule has 2 rings (SSSR count). The summed E-state index contributed by atoms with van der Waals surface area (Å²) in [5, 5.41) is 3.55. The first-order valence-corrected chi connectivity index (χ1v) is 6.11. The molecular weight excluding hydrogens is 196 g/mol. The lowest BCUT2D eigenvalue weighted by molar-refractivity contribution is 0.164. The van der Waals surface area contributed by atoms with Crippen molar-refractivity contribution in [2.24, 2.45) is 0 Å². The van der Waals surface area contributed by atoms with Crippen LogP contribution in [0.5, 0.6) is 0 Å². The Hall–Kier alpha value is -0.860. The molecule has 1 fully saturated rings. The Morgan fingerprint density at radius 3 is 2.50 bits per heavy atom. The average Bonchev–Trinajstić information content (AvgIpc) is 2.31. The van der Waals surface area contributed by atoms with Crippen LogP contribution in [-0.4, -0.2) is 32.1 Å². The van der Waals surface area contributed by atoms with Crippen molar-refractivity contribution < 1.29 is 0 Å². The second-order valence-electron chi connectivity index (χ2n) is 5.00. The second-order valence-corrected chi connectivity index (χ2v) is 5.00. The number of benzene rings is 1. The third-order valence-electron chi connectivity index (χ3n) is 3.89. The summed E-state index contributed by atoms with van der Waals surface area (Å²) in [4.78, 5) is 2.41. The molecule has 0 atom stereocenters. The molecule has 1 aliphatic rings. The molecule has 2 nitrogen and oxygen atoms in total. The van der Waals surface area contributed by atoms with Crippen LogP contribution in [0, 0.1) is 6.92 Å². The summed E-state index contributed by atoms with van der Waals surface area (Å²) < 4.78 is 0. The standard InChI is InChI=1S/C14H22N2/c1-12-5-4-6-13(11-12)14(15-2)7-9-16(3)10-8-14/h4-6,11,15H,7-10H2,1-3H3. The van der Waals surface area contributed by atoms with E-state index in [-0.39, 0.29) is 5.54 Å². The van der Waals surface area contributed by atoms with Gasteiger partial charge in [-0.2, -0.15) is 0 Å². The highest BCUT2D eigenvalue weighted by molar-refractivity contribution is 5.29. The fourth-order valence-electron chi connectivity index (χ4n) is 2.63. The molecule has 0 aliphatic carbocycles. The van der Waals surface area contributed by atoms with E-state index < -0.39 is 0 Å². The molecule has 88 valence electrons. The van der Waals surface area contributed by atoms with Gasteiger partial charge in [0.05, 0.1) is 0 Å². The first kappa shape index (κ1) is 11.6. The maximum atomic E-state index is 3.55. The van der Waals surface area contributed by atoms with Crippen molar-refractivity contribution >= 4 is 0 Å². The molecule has 1 N–H and O–H groups in total. The quantitative estimate of drug-likeness (QED) is 0.818. The van der Waals surface area contributed by atoms with Crippen LogP contribution < -0.4 is 5.32 Å². The maximum absolute atomic E-state index is 3.55. The second kappa shape index (κ2) is 4.56. The number of likely N-dealkylation sites (tertiary alicyclic amines) is 1. The normalized spacial score (nSPS) is 20.9. The van der Waals surface area contributed by atoms with Gasteiger partial charge < -0.3 is 10.2 Å². The molecule has 2 heteroatoms. The Bertz CT molecular complexity index is 352. The smallest absolute Gasteiger partial charge is 0.0456 e. The molecule has 0 aromatic heterocycles. The largest absolute Gasteiger partial charge is 0.310 e. The molecule has 1 aliphatic heterocycles. The lowest BCUT2D eigenvalue weighted by Crippen LogP contribution is -2.48. The lowest BCUT2D eigenvalue weighted by Gasteiger charge is -2.41. The molecule has 0 bridgehead atoms. The van der Waals surface area contributed by atoms with Gasteiger partial charge in [-0.25, -0.2) is 0 Å². The maximum Gasteiger partial charge on any atom is 0.0456 e. The van der Waals surface area contributed by atoms with Gasteiger partial charge in [0, 0.05) is 5.54 Å². The van der Waals surface area contributed by atoms with Crippen molar-refractivity contribution in [2.45, 2.75) is 25.3 Å². The van der Waals surface area contributed by atoms with Gasteiger partial charge in [0.2, 0.25) is 0 Å². The van der Waals surface area contributed by atoms with Gasteiger partial charge >= 0.3 is 0 Å². The molecule has 0 unspecified atom stereocenters. The molecule has 1 saturated heterocycles. The highest BCUT2D eigenvalue weighted by atomic mass is 15.1. The van der Waals surface area contributed by atoms with Gasteiger partial charge in [0.25, 0.3) is 0 Å². The topological polar surface area (TPSA) is 15.3 Å². The van der Waals surface area contributed by atoms with Crippen molar-refractivity contribution in [3.8, 4) is 0 Å². The number of rotatable bonds is 2. The van der Waals surface area contributed by atoms with Crippen LogP contribution in [-0.2, 0) is 5.54 Å². The van der Waals surface area contributed by atoms with Crippen LogP contribution in [0.4, 0.5) is 0 Å². The fourth-order valence-corrected chi connectivity index (χ4v) is 2.63. The van der Waals surface area contributed by atoms with Gasteiger partial charge in [0.15, 0.2) is 0 Å². The highest BCUT2D eigenvalue weighted by Crippen LogP contribution is 2.32. The van der Waals surface area contributed by atoms with Gasteiger partial charge in [-0.1, -0.05) is 29.8 Å². The van der Waals surface area contributed by atoms with E-state index >= 15 is 0 Å². The van der Waals surface area contributed by atoms with E-state index in [1.54, 1.807) is 0 Å². The van der Waals surface area contributed by atoms with E-state index in [0.29, 0.717) is 0 Å². The molecular formula is C14H22N2. The summed E-state index contributed by atoms with van der Waals surface area (Å²) in [5.74, 6) is 0. The van der Waals surface area contributed by atoms with Crippen molar-refractivity contribution in [2.75, 3.05) is 27.2 Å². The number of hydrogen-bond acceptors (Lipinski definition) is 2. The first-order chi connectivity index (χ1) is 7.66. The number of hydrogen-bond donors (Lipinski definition) is 1. The van der Waals surface area contributed by atoms with Crippen LogP contribution in [0.25, 0.3) is 0 Å². The minimum Gasteiger partial charge on any atom is -0.310 e. The minimum atomic E-state index is 0.193. The van der Waals surface area contributed by atoms with E-state index in [9.17, 15) is 0 Å². The highest BCUT2D eigenvalue weighted by Gasteiger charge is 2.33. The zero-order chi connectivity index (χ0) is 11.6. The summed E-state index contributed by atoms with van der Waals surface area (Å²) in [6, 6.07) is 8.92. The Morgan fingerprint density at radius 2 is 1.94 bits per heavy atom. The van der Waals surface area contributed by atoms with Crippen molar-refractivity contribution in [1.29, 1.82) is 0 Å². The van der Waals surface area contributed by atoms with Crippen molar-refractivity contribution in [3.05, 3.63) is 35.4 Å². The Balaban J connectivity index is 2.28. The van der Waals surface area contributed by atoms with Crippen molar-refractivity contribution in [1.82, 2.24) is 10.2 Å². The Morgan fingerprint density at radius 1 is 1.25 bits per heavy atom.